The fraction of sp³-hybridized carbons (Fsp3) is 0.200. The minimum Gasteiger partial charge on any atom is -0.389 e. The highest BCUT2D eigenvalue weighted by Crippen LogP contribution is 2.15. The summed E-state index contributed by atoms with van der Waals surface area (Å²) in [5, 5.41) is 15.7. The number of amides is 1. The molecule has 1 atom stereocenters. The van der Waals surface area contributed by atoms with Crippen molar-refractivity contribution in [2.24, 2.45) is 0 Å². The molecule has 0 heterocycles. The SMILES string of the molecule is CC(NC(=O)/C(C#N)=C\NCCc1ccccc1Cl)c1ccccc1. The van der Waals surface area contributed by atoms with E-state index in [1.807, 2.05) is 67.6 Å². The van der Waals surface area contributed by atoms with Crippen molar-refractivity contribution in [2.75, 3.05) is 6.54 Å². The molecule has 4 nitrogen and oxygen atoms in total. The Kier molecular flexibility index (Phi) is 7.06. The Labute approximate surface area is 153 Å². The van der Waals surface area contributed by atoms with Gasteiger partial charge in [-0.15, -0.1) is 0 Å². The molecular formula is C20H20ClN3O. The van der Waals surface area contributed by atoms with Gasteiger partial charge in [0.2, 0.25) is 0 Å². The molecule has 2 aromatic carbocycles. The Morgan fingerprint density at radius 1 is 1.20 bits per heavy atom. The monoisotopic (exact) mass is 353 g/mol. The number of carbonyl (C=O) groups excluding carboxylic acids is 1. The number of rotatable bonds is 7. The number of hydrogen-bond acceptors (Lipinski definition) is 3. The molecule has 128 valence electrons. The highest BCUT2D eigenvalue weighted by atomic mass is 35.5. The van der Waals surface area contributed by atoms with Gasteiger partial charge in [0.15, 0.2) is 0 Å². The predicted molar refractivity (Wildman–Crippen MR) is 99.9 cm³/mol. The number of carbonyl (C=O) groups is 1. The van der Waals surface area contributed by atoms with Crippen LogP contribution in [0.4, 0.5) is 0 Å². The minimum atomic E-state index is -0.399. The zero-order chi connectivity index (χ0) is 18.1. The molecule has 2 rings (SSSR count). The molecule has 0 aromatic heterocycles. The van der Waals surface area contributed by atoms with Gasteiger partial charge < -0.3 is 10.6 Å². The summed E-state index contributed by atoms with van der Waals surface area (Å²) in [7, 11) is 0. The van der Waals surface area contributed by atoms with Crippen molar-refractivity contribution < 1.29 is 4.79 Å². The fourth-order valence-electron chi connectivity index (χ4n) is 2.33. The molecule has 0 aliphatic carbocycles. The van der Waals surface area contributed by atoms with Crippen LogP contribution in [-0.4, -0.2) is 12.5 Å². The minimum absolute atomic E-state index is 0.0435. The first-order chi connectivity index (χ1) is 12.1. The van der Waals surface area contributed by atoms with Crippen LogP contribution in [0.25, 0.3) is 0 Å². The largest absolute Gasteiger partial charge is 0.389 e. The lowest BCUT2D eigenvalue weighted by molar-refractivity contribution is -0.117. The number of hydrogen-bond donors (Lipinski definition) is 2. The third-order valence-corrected chi connectivity index (χ3v) is 4.12. The Balaban J connectivity index is 1.88. The lowest BCUT2D eigenvalue weighted by Crippen LogP contribution is -2.28. The van der Waals surface area contributed by atoms with Crippen molar-refractivity contribution in [1.82, 2.24) is 10.6 Å². The average molecular weight is 354 g/mol. The first-order valence-corrected chi connectivity index (χ1v) is 8.42. The second kappa shape index (κ2) is 9.51. The Morgan fingerprint density at radius 3 is 2.56 bits per heavy atom. The molecule has 0 fully saturated rings. The number of benzene rings is 2. The van der Waals surface area contributed by atoms with Crippen molar-refractivity contribution in [3.05, 3.63) is 82.5 Å². The Bertz CT molecular complexity index is 781. The number of nitrogens with one attached hydrogen (secondary N) is 2. The van der Waals surface area contributed by atoms with Crippen molar-refractivity contribution in [1.29, 1.82) is 5.26 Å². The molecule has 0 bridgehead atoms. The van der Waals surface area contributed by atoms with Crippen LogP contribution in [0, 0.1) is 11.3 Å². The van der Waals surface area contributed by atoms with E-state index in [9.17, 15) is 10.1 Å². The van der Waals surface area contributed by atoms with E-state index in [-0.39, 0.29) is 11.6 Å². The number of halogens is 1. The molecule has 1 unspecified atom stereocenters. The predicted octanol–water partition coefficient (Wildman–Crippen LogP) is 3.76. The molecule has 0 saturated carbocycles. The van der Waals surface area contributed by atoms with Gasteiger partial charge >= 0.3 is 0 Å². The van der Waals surface area contributed by atoms with Crippen LogP contribution >= 0.6 is 11.6 Å². The van der Waals surface area contributed by atoms with E-state index in [1.165, 1.54) is 6.20 Å². The molecule has 1 amide bonds. The topological polar surface area (TPSA) is 64.9 Å². The van der Waals surface area contributed by atoms with Crippen LogP contribution in [0.5, 0.6) is 0 Å². The summed E-state index contributed by atoms with van der Waals surface area (Å²) in [5.74, 6) is -0.399. The summed E-state index contributed by atoms with van der Waals surface area (Å²) in [6.45, 7) is 2.46. The maximum Gasteiger partial charge on any atom is 0.263 e. The number of nitriles is 1. The van der Waals surface area contributed by atoms with Gasteiger partial charge in [0.1, 0.15) is 11.6 Å². The first-order valence-electron chi connectivity index (χ1n) is 8.04. The van der Waals surface area contributed by atoms with Crippen LogP contribution in [0.2, 0.25) is 5.02 Å². The average Bonchev–Trinajstić information content (AvgIpc) is 2.63. The van der Waals surface area contributed by atoms with Gasteiger partial charge in [0.25, 0.3) is 5.91 Å². The van der Waals surface area contributed by atoms with E-state index in [2.05, 4.69) is 10.6 Å². The van der Waals surface area contributed by atoms with Crippen LogP contribution in [0.3, 0.4) is 0 Å². The Hall–Kier alpha value is -2.77. The second-order valence-electron chi connectivity index (χ2n) is 5.57. The standard InChI is InChI=1S/C20H20ClN3O/c1-15(16-7-3-2-4-8-16)24-20(25)18(13-22)14-23-12-11-17-9-5-6-10-19(17)21/h2-10,14-15,23H,11-12H2,1H3,(H,24,25)/b18-14-. The zero-order valence-corrected chi connectivity index (χ0v) is 14.8. The van der Waals surface area contributed by atoms with E-state index < -0.39 is 5.91 Å². The summed E-state index contributed by atoms with van der Waals surface area (Å²) in [5.41, 5.74) is 2.05. The van der Waals surface area contributed by atoms with Crippen LogP contribution in [0.15, 0.2) is 66.4 Å². The van der Waals surface area contributed by atoms with Crippen LogP contribution in [-0.2, 0) is 11.2 Å². The maximum absolute atomic E-state index is 12.2. The lowest BCUT2D eigenvalue weighted by atomic mass is 10.1. The van der Waals surface area contributed by atoms with E-state index >= 15 is 0 Å². The molecule has 5 heteroatoms. The van der Waals surface area contributed by atoms with E-state index in [4.69, 9.17) is 11.6 Å². The molecule has 0 radical (unpaired) electrons. The van der Waals surface area contributed by atoms with Crippen molar-refractivity contribution in [3.8, 4) is 6.07 Å². The molecular weight excluding hydrogens is 334 g/mol. The van der Waals surface area contributed by atoms with Gasteiger partial charge in [-0.1, -0.05) is 60.1 Å². The van der Waals surface area contributed by atoms with Crippen LogP contribution in [0.1, 0.15) is 24.1 Å². The van der Waals surface area contributed by atoms with E-state index in [0.29, 0.717) is 18.0 Å². The summed E-state index contributed by atoms with van der Waals surface area (Å²) in [6.07, 6.45) is 2.15. The smallest absolute Gasteiger partial charge is 0.263 e. The highest BCUT2D eigenvalue weighted by Gasteiger charge is 2.13. The summed E-state index contributed by atoms with van der Waals surface area (Å²) in [6, 6.07) is 19.0. The van der Waals surface area contributed by atoms with Crippen molar-refractivity contribution >= 4 is 17.5 Å². The van der Waals surface area contributed by atoms with Gasteiger partial charge in [-0.25, -0.2) is 0 Å². The number of nitrogens with zero attached hydrogens (tertiary/aromatic N) is 1. The van der Waals surface area contributed by atoms with Gasteiger partial charge in [0, 0.05) is 17.8 Å². The van der Waals surface area contributed by atoms with Crippen LogP contribution < -0.4 is 10.6 Å². The fourth-order valence-corrected chi connectivity index (χ4v) is 2.56. The molecule has 2 aromatic rings. The highest BCUT2D eigenvalue weighted by molar-refractivity contribution is 6.31. The van der Waals surface area contributed by atoms with Gasteiger partial charge in [-0.2, -0.15) is 5.26 Å². The molecule has 0 saturated heterocycles. The molecule has 0 aliphatic heterocycles. The summed E-state index contributed by atoms with van der Waals surface area (Å²) < 4.78 is 0. The third-order valence-electron chi connectivity index (χ3n) is 3.76. The van der Waals surface area contributed by atoms with Crippen molar-refractivity contribution in [3.63, 3.8) is 0 Å². The molecule has 0 spiro atoms. The van der Waals surface area contributed by atoms with E-state index in [0.717, 1.165) is 11.1 Å². The quantitative estimate of drug-likeness (QED) is 0.452. The van der Waals surface area contributed by atoms with Gasteiger partial charge in [-0.3, -0.25) is 4.79 Å². The molecule has 0 aliphatic rings. The van der Waals surface area contributed by atoms with Crippen molar-refractivity contribution in [2.45, 2.75) is 19.4 Å². The van der Waals surface area contributed by atoms with Gasteiger partial charge in [-0.05, 0) is 30.5 Å². The molecule has 25 heavy (non-hydrogen) atoms. The zero-order valence-electron chi connectivity index (χ0n) is 14.0. The molecule has 2 N–H and O–H groups in total. The first kappa shape index (κ1) is 18.6. The summed E-state index contributed by atoms with van der Waals surface area (Å²) in [4.78, 5) is 12.2. The summed E-state index contributed by atoms with van der Waals surface area (Å²) >= 11 is 6.10. The Morgan fingerprint density at radius 2 is 1.88 bits per heavy atom. The maximum atomic E-state index is 12.2. The van der Waals surface area contributed by atoms with Gasteiger partial charge in [0.05, 0.1) is 6.04 Å². The van der Waals surface area contributed by atoms with E-state index in [1.54, 1.807) is 0 Å². The second-order valence-corrected chi connectivity index (χ2v) is 5.98. The lowest BCUT2D eigenvalue weighted by Gasteiger charge is -2.13. The third kappa shape index (κ3) is 5.66. The normalized spacial score (nSPS) is 12.1.